The van der Waals surface area contributed by atoms with Gasteiger partial charge in [0.15, 0.2) is 5.82 Å². The number of para-hydroxylation sites is 1. The van der Waals surface area contributed by atoms with Gasteiger partial charge >= 0.3 is 6.18 Å². The number of carbonyl (C=O) groups is 1. The number of amides is 1. The second kappa shape index (κ2) is 10.8. The molecule has 1 heterocycles. The largest absolute Gasteiger partial charge is 0.417 e. The molecule has 1 aromatic heterocycles. The zero-order valence-corrected chi connectivity index (χ0v) is 19.9. The summed E-state index contributed by atoms with van der Waals surface area (Å²) in [4.78, 5) is 25.3. The minimum atomic E-state index is -4.93. The van der Waals surface area contributed by atoms with Crippen LogP contribution in [0.4, 0.5) is 28.9 Å². The normalized spacial score (nSPS) is 12.7. The Morgan fingerprint density at radius 2 is 1.68 bits per heavy atom. The molecule has 0 saturated carbocycles. The second-order valence-corrected chi connectivity index (χ2v) is 8.22. The Hall–Kier alpha value is -4.64. The van der Waals surface area contributed by atoms with Crippen molar-refractivity contribution in [1.29, 1.82) is 0 Å². The molecule has 7 nitrogen and oxygen atoms in total. The van der Waals surface area contributed by atoms with Crippen molar-refractivity contribution in [3.05, 3.63) is 107 Å². The van der Waals surface area contributed by atoms with Crippen LogP contribution in [0.1, 0.15) is 40.1 Å². The molecule has 0 aliphatic heterocycles. The van der Waals surface area contributed by atoms with Gasteiger partial charge in [0.05, 0.1) is 22.9 Å². The Balaban J connectivity index is 1.80. The van der Waals surface area contributed by atoms with E-state index in [9.17, 15) is 27.5 Å². The number of anilines is 1. The van der Waals surface area contributed by atoms with E-state index in [4.69, 9.17) is 5.73 Å². The minimum Gasteiger partial charge on any atom is -0.398 e. The van der Waals surface area contributed by atoms with Crippen LogP contribution in [0.15, 0.2) is 84.1 Å². The zero-order chi connectivity index (χ0) is 27.4. The summed E-state index contributed by atoms with van der Waals surface area (Å²) >= 11 is 0. The summed E-state index contributed by atoms with van der Waals surface area (Å²) in [5, 5.41) is 12.3. The SMILES string of the molecule is CC(O)c1ccc(C(=Nc2ccccc2)NC(=O)c2cc(-c3ncccn3)c(C(F)(F)F)cc2F)c(N)c1. The molecule has 3 aromatic carbocycles. The Labute approximate surface area is 214 Å². The number of nitrogens with one attached hydrogen (secondary N) is 1. The van der Waals surface area contributed by atoms with Crippen molar-refractivity contribution in [1.82, 2.24) is 15.3 Å². The van der Waals surface area contributed by atoms with Crippen molar-refractivity contribution in [3.8, 4) is 11.4 Å². The molecule has 0 saturated heterocycles. The number of benzene rings is 3. The number of rotatable bonds is 5. The number of aliphatic hydroxyl groups is 1. The van der Waals surface area contributed by atoms with E-state index in [0.29, 0.717) is 11.3 Å². The van der Waals surface area contributed by atoms with Crippen molar-refractivity contribution < 1.29 is 27.5 Å². The van der Waals surface area contributed by atoms with Crippen molar-refractivity contribution in [2.24, 2.45) is 4.99 Å². The topological polar surface area (TPSA) is 113 Å². The van der Waals surface area contributed by atoms with Crippen LogP contribution in [0.3, 0.4) is 0 Å². The first-order chi connectivity index (χ1) is 18.0. The number of halogens is 4. The predicted octanol–water partition coefficient (Wildman–Crippen LogP) is 5.45. The Morgan fingerprint density at radius 1 is 1.00 bits per heavy atom. The molecule has 1 atom stereocenters. The van der Waals surface area contributed by atoms with E-state index in [-0.39, 0.29) is 29.0 Å². The van der Waals surface area contributed by atoms with Crippen LogP contribution in [0.25, 0.3) is 11.4 Å². The van der Waals surface area contributed by atoms with Gasteiger partial charge in [0.1, 0.15) is 11.7 Å². The number of hydrogen-bond donors (Lipinski definition) is 3. The number of nitrogens with zero attached hydrogens (tertiary/aromatic N) is 3. The molecular weight excluding hydrogens is 502 g/mol. The van der Waals surface area contributed by atoms with E-state index in [1.807, 2.05) is 0 Å². The monoisotopic (exact) mass is 523 g/mol. The summed E-state index contributed by atoms with van der Waals surface area (Å²) in [6, 6.07) is 15.5. The third kappa shape index (κ3) is 5.84. The average Bonchev–Trinajstić information content (AvgIpc) is 2.88. The maximum atomic E-state index is 14.9. The van der Waals surface area contributed by atoms with Gasteiger partial charge in [-0.3, -0.25) is 4.79 Å². The Kier molecular flexibility index (Phi) is 7.49. The van der Waals surface area contributed by atoms with Crippen LogP contribution >= 0.6 is 0 Å². The molecule has 4 N–H and O–H groups in total. The lowest BCUT2D eigenvalue weighted by Crippen LogP contribution is -2.32. The molecule has 38 heavy (non-hydrogen) atoms. The molecule has 194 valence electrons. The first-order valence-corrected chi connectivity index (χ1v) is 11.3. The van der Waals surface area contributed by atoms with Crippen molar-refractivity contribution in [2.45, 2.75) is 19.2 Å². The number of amidine groups is 1. The van der Waals surface area contributed by atoms with E-state index in [1.54, 1.807) is 43.3 Å². The fraction of sp³-hybridized carbons (Fsp3) is 0.111. The molecule has 4 aromatic rings. The second-order valence-electron chi connectivity index (χ2n) is 8.22. The number of hydrogen-bond acceptors (Lipinski definition) is 6. The van der Waals surface area contributed by atoms with Gasteiger partial charge in [-0.15, -0.1) is 0 Å². The molecule has 0 bridgehead atoms. The number of nitrogen functional groups attached to an aromatic ring is 1. The summed E-state index contributed by atoms with van der Waals surface area (Å²) in [5.41, 5.74) is 4.95. The number of alkyl halides is 3. The number of carbonyl (C=O) groups excluding carboxylic acids is 1. The Morgan fingerprint density at radius 3 is 2.29 bits per heavy atom. The quantitative estimate of drug-likeness (QED) is 0.139. The smallest absolute Gasteiger partial charge is 0.398 e. The molecule has 0 aliphatic carbocycles. The third-order valence-electron chi connectivity index (χ3n) is 5.51. The molecule has 4 rings (SSSR count). The van der Waals surface area contributed by atoms with Gasteiger partial charge in [0, 0.05) is 29.2 Å². The fourth-order valence-corrected chi connectivity index (χ4v) is 3.62. The van der Waals surface area contributed by atoms with Gasteiger partial charge in [-0.2, -0.15) is 13.2 Å². The Bertz CT molecular complexity index is 1490. The maximum absolute atomic E-state index is 14.9. The molecule has 1 amide bonds. The van der Waals surface area contributed by atoms with Gasteiger partial charge in [0.2, 0.25) is 0 Å². The van der Waals surface area contributed by atoms with Crippen LogP contribution in [0, 0.1) is 5.82 Å². The summed E-state index contributed by atoms with van der Waals surface area (Å²) in [7, 11) is 0. The van der Waals surface area contributed by atoms with Crippen LogP contribution < -0.4 is 11.1 Å². The van der Waals surface area contributed by atoms with E-state index < -0.39 is 40.7 Å². The summed E-state index contributed by atoms with van der Waals surface area (Å²) in [6.45, 7) is 1.55. The van der Waals surface area contributed by atoms with E-state index in [0.717, 1.165) is 6.07 Å². The third-order valence-corrected chi connectivity index (χ3v) is 5.51. The van der Waals surface area contributed by atoms with Gasteiger partial charge < -0.3 is 16.2 Å². The highest BCUT2D eigenvalue weighted by Crippen LogP contribution is 2.37. The standard InChI is InChI=1S/C27H21F4N5O2/c1-15(37)16-8-9-18(23(32)12-16)25(35-17-6-3-2-4-7-17)36-26(38)20-13-19(24-33-10-5-11-34-24)21(14-22(20)28)27(29,30)31/h2-15,37H,32H2,1H3,(H,35,36,38). The first-order valence-electron chi connectivity index (χ1n) is 11.3. The van der Waals surface area contributed by atoms with E-state index >= 15 is 0 Å². The highest BCUT2D eigenvalue weighted by molar-refractivity contribution is 6.15. The van der Waals surface area contributed by atoms with E-state index in [2.05, 4.69) is 20.3 Å². The maximum Gasteiger partial charge on any atom is 0.417 e. The number of aliphatic hydroxyl groups excluding tert-OH is 1. The summed E-state index contributed by atoms with van der Waals surface area (Å²) in [6.07, 6.45) is -3.27. The van der Waals surface area contributed by atoms with Crippen LogP contribution in [0.2, 0.25) is 0 Å². The number of nitrogens with two attached hydrogens (primary N) is 1. The molecule has 0 radical (unpaired) electrons. The van der Waals surface area contributed by atoms with Crippen molar-refractivity contribution in [2.75, 3.05) is 5.73 Å². The van der Waals surface area contributed by atoms with Crippen molar-refractivity contribution in [3.63, 3.8) is 0 Å². The fourth-order valence-electron chi connectivity index (χ4n) is 3.62. The van der Waals surface area contributed by atoms with Gasteiger partial charge in [-0.05, 0) is 55.0 Å². The molecule has 0 fully saturated rings. The summed E-state index contributed by atoms with van der Waals surface area (Å²) < 4.78 is 56.0. The number of aromatic nitrogens is 2. The van der Waals surface area contributed by atoms with Gasteiger partial charge in [-0.1, -0.05) is 24.3 Å². The molecule has 0 spiro atoms. The molecule has 11 heteroatoms. The highest BCUT2D eigenvalue weighted by Gasteiger charge is 2.36. The lowest BCUT2D eigenvalue weighted by molar-refractivity contribution is -0.137. The lowest BCUT2D eigenvalue weighted by Gasteiger charge is -2.16. The minimum absolute atomic E-state index is 0.0762. The van der Waals surface area contributed by atoms with Gasteiger partial charge in [0.25, 0.3) is 5.91 Å². The molecule has 0 aliphatic rings. The molecular formula is C27H21F4N5O2. The first kappa shape index (κ1) is 26.4. The van der Waals surface area contributed by atoms with Crippen LogP contribution in [0.5, 0.6) is 0 Å². The highest BCUT2D eigenvalue weighted by atomic mass is 19.4. The molecule has 1 unspecified atom stereocenters. The summed E-state index contributed by atoms with van der Waals surface area (Å²) in [5.74, 6) is -2.87. The van der Waals surface area contributed by atoms with Crippen molar-refractivity contribution >= 4 is 23.1 Å². The predicted molar refractivity (Wildman–Crippen MR) is 134 cm³/mol. The lowest BCUT2D eigenvalue weighted by atomic mass is 10.0. The average molecular weight is 523 g/mol. The number of aliphatic imine (C=N–C) groups is 1. The van der Waals surface area contributed by atoms with E-state index in [1.165, 1.54) is 30.6 Å². The van der Waals surface area contributed by atoms with Gasteiger partial charge in [-0.25, -0.2) is 19.4 Å². The zero-order valence-electron chi connectivity index (χ0n) is 19.9. The van der Waals surface area contributed by atoms with Crippen LogP contribution in [-0.2, 0) is 6.18 Å². The van der Waals surface area contributed by atoms with Crippen LogP contribution in [-0.4, -0.2) is 26.8 Å².